The molecule has 1 rings (SSSR count). The van der Waals surface area contributed by atoms with Crippen LogP contribution < -0.4 is 5.32 Å². The van der Waals surface area contributed by atoms with E-state index in [2.05, 4.69) is 0 Å². The smallest absolute Gasteiger partial charge is 0.321 e. The molecule has 1 N–H and O–H groups in total. The van der Waals surface area contributed by atoms with Crippen LogP contribution in [0.4, 0.5) is 13.2 Å². The molecule has 1 aliphatic rings. The SMILES string of the molecule is CC1C(=O)NC(=O)CN1C(=O)CC(F)(F)F. The predicted octanol–water partition coefficient (Wildman–Crippen LogP) is -0.188. The summed E-state index contributed by atoms with van der Waals surface area (Å²) in [6.07, 6.45) is -6.31. The molecule has 5 nitrogen and oxygen atoms in total. The van der Waals surface area contributed by atoms with Gasteiger partial charge in [0.25, 0.3) is 0 Å². The molecule has 0 spiro atoms. The predicted molar refractivity (Wildman–Crippen MR) is 45.0 cm³/mol. The monoisotopic (exact) mass is 238 g/mol. The van der Waals surface area contributed by atoms with E-state index in [1.807, 2.05) is 5.32 Å². The number of amides is 3. The third-order valence-corrected chi connectivity index (χ3v) is 2.10. The third kappa shape index (κ3) is 2.94. The number of piperazine rings is 1. The Morgan fingerprint density at radius 1 is 1.50 bits per heavy atom. The van der Waals surface area contributed by atoms with Gasteiger partial charge < -0.3 is 4.90 Å². The molecule has 0 bridgehead atoms. The Bertz CT molecular complexity index is 340. The minimum absolute atomic E-state index is 0.526. The van der Waals surface area contributed by atoms with Gasteiger partial charge in [0.1, 0.15) is 19.0 Å². The number of alkyl halides is 3. The average molecular weight is 238 g/mol. The van der Waals surface area contributed by atoms with E-state index in [-0.39, 0.29) is 0 Å². The highest BCUT2D eigenvalue weighted by molar-refractivity contribution is 6.04. The lowest BCUT2D eigenvalue weighted by molar-refractivity contribution is -0.167. The normalized spacial score (nSPS) is 22.0. The number of nitrogens with one attached hydrogen (secondary N) is 1. The van der Waals surface area contributed by atoms with Crippen molar-refractivity contribution >= 4 is 17.7 Å². The zero-order chi connectivity index (χ0) is 12.5. The summed E-state index contributed by atoms with van der Waals surface area (Å²) in [5.41, 5.74) is 0. The van der Waals surface area contributed by atoms with E-state index < -0.39 is 42.9 Å². The molecule has 0 aromatic carbocycles. The maximum atomic E-state index is 11.9. The first-order valence-corrected chi connectivity index (χ1v) is 4.40. The zero-order valence-corrected chi connectivity index (χ0v) is 8.30. The van der Waals surface area contributed by atoms with Crippen molar-refractivity contribution < 1.29 is 27.6 Å². The molecule has 0 radical (unpaired) electrons. The quantitative estimate of drug-likeness (QED) is 0.644. The first-order chi connectivity index (χ1) is 7.20. The van der Waals surface area contributed by atoms with Gasteiger partial charge in [-0.15, -0.1) is 0 Å². The Kier molecular flexibility index (Phi) is 3.20. The minimum atomic E-state index is -4.65. The second-order valence-electron chi connectivity index (χ2n) is 3.40. The number of nitrogens with zero attached hydrogens (tertiary/aromatic N) is 1. The number of hydrogen-bond donors (Lipinski definition) is 1. The van der Waals surface area contributed by atoms with Crippen molar-refractivity contribution in [1.82, 2.24) is 10.2 Å². The molecule has 1 heterocycles. The summed E-state index contributed by atoms with van der Waals surface area (Å²) in [5, 5.41) is 1.92. The molecule has 1 atom stereocenters. The van der Waals surface area contributed by atoms with E-state index in [1.165, 1.54) is 6.92 Å². The minimum Gasteiger partial charge on any atom is -0.321 e. The molecule has 1 saturated heterocycles. The van der Waals surface area contributed by atoms with Crippen molar-refractivity contribution in [3.8, 4) is 0 Å². The van der Waals surface area contributed by atoms with Gasteiger partial charge in [0.05, 0.1) is 0 Å². The zero-order valence-electron chi connectivity index (χ0n) is 8.30. The van der Waals surface area contributed by atoms with Crippen molar-refractivity contribution in [2.75, 3.05) is 6.54 Å². The van der Waals surface area contributed by atoms with Gasteiger partial charge in [-0.1, -0.05) is 0 Å². The van der Waals surface area contributed by atoms with Crippen molar-refractivity contribution in [2.24, 2.45) is 0 Å². The van der Waals surface area contributed by atoms with Crippen LogP contribution in [0.3, 0.4) is 0 Å². The molecule has 3 amide bonds. The fourth-order valence-corrected chi connectivity index (χ4v) is 1.29. The largest absolute Gasteiger partial charge is 0.397 e. The molecule has 8 heteroatoms. The Balaban J connectivity index is 2.74. The highest BCUT2D eigenvalue weighted by Crippen LogP contribution is 2.21. The van der Waals surface area contributed by atoms with Gasteiger partial charge in [0.15, 0.2) is 0 Å². The first-order valence-electron chi connectivity index (χ1n) is 4.40. The molecule has 1 fully saturated rings. The summed E-state index contributed by atoms with van der Waals surface area (Å²) < 4.78 is 35.8. The van der Waals surface area contributed by atoms with Crippen LogP contribution in [0.15, 0.2) is 0 Å². The Labute approximate surface area is 88.6 Å². The van der Waals surface area contributed by atoms with Crippen LogP contribution in [-0.2, 0) is 14.4 Å². The Morgan fingerprint density at radius 2 is 2.06 bits per heavy atom. The Hall–Kier alpha value is -1.60. The molecule has 1 unspecified atom stereocenters. The van der Waals surface area contributed by atoms with Crippen LogP contribution in [-0.4, -0.2) is 41.4 Å². The van der Waals surface area contributed by atoms with Crippen molar-refractivity contribution in [3.63, 3.8) is 0 Å². The van der Waals surface area contributed by atoms with Gasteiger partial charge in [0.2, 0.25) is 17.7 Å². The van der Waals surface area contributed by atoms with Crippen LogP contribution in [0.2, 0.25) is 0 Å². The maximum absolute atomic E-state index is 11.9. The standard InChI is InChI=1S/C8H9F3N2O3/c1-4-7(16)12-5(14)3-13(4)6(15)2-8(9,10)11/h4H,2-3H2,1H3,(H,12,14,16). The number of halogens is 3. The number of rotatable bonds is 1. The lowest BCUT2D eigenvalue weighted by Crippen LogP contribution is -2.59. The van der Waals surface area contributed by atoms with Gasteiger partial charge >= 0.3 is 6.18 Å². The van der Waals surface area contributed by atoms with Crippen molar-refractivity contribution in [1.29, 1.82) is 0 Å². The van der Waals surface area contributed by atoms with Crippen molar-refractivity contribution in [3.05, 3.63) is 0 Å². The molecule has 16 heavy (non-hydrogen) atoms. The van der Waals surface area contributed by atoms with Crippen LogP contribution >= 0.6 is 0 Å². The summed E-state index contributed by atoms with van der Waals surface area (Å²) >= 11 is 0. The van der Waals surface area contributed by atoms with E-state index in [9.17, 15) is 27.6 Å². The van der Waals surface area contributed by atoms with Gasteiger partial charge in [-0.25, -0.2) is 0 Å². The van der Waals surface area contributed by atoms with Gasteiger partial charge in [-0.3, -0.25) is 19.7 Å². The lowest BCUT2D eigenvalue weighted by atomic mass is 10.2. The molecule has 0 aromatic rings. The maximum Gasteiger partial charge on any atom is 0.397 e. The Morgan fingerprint density at radius 3 is 2.56 bits per heavy atom. The fraction of sp³-hybridized carbons (Fsp3) is 0.625. The molecule has 0 aromatic heterocycles. The molecule has 1 aliphatic heterocycles. The number of carbonyl (C=O) groups is 3. The summed E-state index contributed by atoms with van der Waals surface area (Å²) in [7, 11) is 0. The van der Waals surface area contributed by atoms with E-state index in [1.54, 1.807) is 0 Å². The summed E-state index contributed by atoms with van der Waals surface area (Å²) in [6.45, 7) is 0.734. The highest BCUT2D eigenvalue weighted by Gasteiger charge is 2.39. The van der Waals surface area contributed by atoms with Crippen LogP contribution in [0, 0.1) is 0 Å². The van der Waals surface area contributed by atoms with E-state index in [0.717, 1.165) is 0 Å². The molecule has 0 saturated carbocycles. The lowest BCUT2D eigenvalue weighted by Gasteiger charge is -2.31. The van der Waals surface area contributed by atoms with Gasteiger partial charge in [-0.05, 0) is 6.92 Å². The van der Waals surface area contributed by atoms with E-state index in [0.29, 0.717) is 4.90 Å². The topological polar surface area (TPSA) is 66.5 Å². The van der Waals surface area contributed by atoms with Gasteiger partial charge in [0, 0.05) is 0 Å². The average Bonchev–Trinajstić information content (AvgIpc) is 2.08. The summed E-state index contributed by atoms with van der Waals surface area (Å²) in [6, 6.07) is -1.06. The number of hydrogen-bond acceptors (Lipinski definition) is 3. The third-order valence-electron chi connectivity index (χ3n) is 2.10. The highest BCUT2D eigenvalue weighted by atomic mass is 19.4. The number of imide groups is 1. The van der Waals surface area contributed by atoms with Crippen LogP contribution in [0.25, 0.3) is 0 Å². The first kappa shape index (κ1) is 12.5. The number of carbonyl (C=O) groups excluding carboxylic acids is 3. The summed E-state index contributed by atoms with van der Waals surface area (Å²) in [5.74, 6) is -2.83. The fourth-order valence-electron chi connectivity index (χ4n) is 1.29. The molecular weight excluding hydrogens is 229 g/mol. The second-order valence-corrected chi connectivity index (χ2v) is 3.40. The second kappa shape index (κ2) is 4.11. The van der Waals surface area contributed by atoms with E-state index >= 15 is 0 Å². The molecule has 0 aliphatic carbocycles. The van der Waals surface area contributed by atoms with Gasteiger partial charge in [-0.2, -0.15) is 13.2 Å². The van der Waals surface area contributed by atoms with Crippen LogP contribution in [0.5, 0.6) is 0 Å². The van der Waals surface area contributed by atoms with Crippen LogP contribution in [0.1, 0.15) is 13.3 Å². The van der Waals surface area contributed by atoms with Crippen molar-refractivity contribution in [2.45, 2.75) is 25.6 Å². The summed E-state index contributed by atoms with van der Waals surface area (Å²) in [4.78, 5) is 33.8. The molecule has 90 valence electrons. The van der Waals surface area contributed by atoms with E-state index in [4.69, 9.17) is 0 Å². The molecular formula is C8H9F3N2O3.